The molecule has 0 spiro atoms. The van der Waals surface area contributed by atoms with Crippen molar-refractivity contribution < 1.29 is 0 Å². The van der Waals surface area contributed by atoms with Gasteiger partial charge in [-0.1, -0.05) is 24.3 Å². The number of anilines is 1. The van der Waals surface area contributed by atoms with Crippen LogP contribution in [0.4, 0.5) is 5.82 Å². The zero-order valence-electron chi connectivity index (χ0n) is 11.4. The van der Waals surface area contributed by atoms with E-state index in [4.69, 9.17) is 5.73 Å². The maximum absolute atomic E-state index is 6.08. The van der Waals surface area contributed by atoms with E-state index < -0.39 is 0 Å². The van der Waals surface area contributed by atoms with Crippen molar-refractivity contribution >= 4 is 5.82 Å². The average molecular weight is 253 g/mol. The Morgan fingerprint density at radius 1 is 1.32 bits per heavy atom. The molecular weight excluding hydrogens is 234 g/mol. The van der Waals surface area contributed by atoms with Crippen molar-refractivity contribution in [1.29, 1.82) is 0 Å². The largest absolute Gasteiger partial charge is 0.383 e. The molecule has 0 fully saturated rings. The van der Waals surface area contributed by atoms with E-state index in [1.165, 1.54) is 16.7 Å². The molecular formula is C16H19N3. The average Bonchev–Trinajstić information content (AvgIpc) is 2.38. The Balaban J connectivity index is 2.00. The molecule has 3 rings (SSSR count). The number of hydrogen-bond donors (Lipinski definition) is 2. The Morgan fingerprint density at radius 2 is 2.11 bits per heavy atom. The minimum absolute atomic E-state index is 0.239. The van der Waals surface area contributed by atoms with Gasteiger partial charge in [-0.15, -0.1) is 0 Å². The molecule has 2 aromatic rings. The highest BCUT2D eigenvalue weighted by atomic mass is 14.9. The van der Waals surface area contributed by atoms with Crippen LogP contribution in [0.25, 0.3) is 0 Å². The summed E-state index contributed by atoms with van der Waals surface area (Å²) in [4.78, 5) is 4.24. The molecule has 1 heterocycles. The standard InChI is InChI=1S/C16H19N3/c1-10-7-8-19-16(17)14(10)15(18-2)13-9-11-5-3-4-6-12(11)13/h3-8,13,15,18H,9H2,1-2H3,(H2,17,19). The van der Waals surface area contributed by atoms with E-state index in [1.54, 1.807) is 6.20 Å². The van der Waals surface area contributed by atoms with Crippen molar-refractivity contribution in [2.24, 2.45) is 0 Å². The molecule has 0 aliphatic heterocycles. The number of nitrogen functional groups attached to an aromatic ring is 1. The number of likely N-dealkylation sites (N-methyl/N-ethyl adjacent to an activating group) is 1. The summed E-state index contributed by atoms with van der Waals surface area (Å²) in [6.07, 6.45) is 2.88. The predicted octanol–water partition coefficient (Wildman–Crippen LogP) is 2.57. The van der Waals surface area contributed by atoms with Crippen LogP contribution in [0.5, 0.6) is 0 Å². The molecule has 0 amide bonds. The Bertz CT molecular complexity index is 586. The summed E-state index contributed by atoms with van der Waals surface area (Å²) in [5, 5.41) is 3.42. The molecule has 19 heavy (non-hydrogen) atoms. The second-order valence-electron chi connectivity index (χ2n) is 5.20. The summed E-state index contributed by atoms with van der Waals surface area (Å²) >= 11 is 0. The first kappa shape index (κ1) is 12.2. The van der Waals surface area contributed by atoms with Gasteiger partial charge < -0.3 is 11.1 Å². The molecule has 2 atom stereocenters. The maximum Gasteiger partial charge on any atom is 0.128 e. The van der Waals surface area contributed by atoms with E-state index in [-0.39, 0.29) is 6.04 Å². The number of rotatable bonds is 3. The number of aryl methyl sites for hydroxylation is 1. The van der Waals surface area contributed by atoms with Gasteiger partial charge in [0.2, 0.25) is 0 Å². The lowest BCUT2D eigenvalue weighted by Gasteiger charge is -2.37. The number of pyridine rings is 1. The lowest BCUT2D eigenvalue weighted by molar-refractivity contribution is 0.437. The third-order valence-corrected chi connectivity index (χ3v) is 4.16. The van der Waals surface area contributed by atoms with Gasteiger partial charge in [-0.05, 0) is 43.1 Å². The fraction of sp³-hybridized carbons (Fsp3) is 0.312. The summed E-state index contributed by atoms with van der Waals surface area (Å²) in [5.41, 5.74) is 11.3. The van der Waals surface area contributed by atoms with Crippen LogP contribution in [0.2, 0.25) is 0 Å². The highest BCUT2D eigenvalue weighted by molar-refractivity contribution is 5.51. The van der Waals surface area contributed by atoms with Crippen LogP contribution in [0.1, 0.15) is 34.2 Å². The summed E-state index contributed by atoms with van der Waals surface area (Å²) in [6, 6.07) is 10.9. The quantitative estimate of drug-likeness (QED) is 0.884. The van der Waals surface area contributed by atoms with E-state index >= 15 is 0 Å². The van der Waals surface area contributed by atoms with Crippen molar-refractivity contribution in [2.75, 3.05) is 12.8 Å². The van der Waals surface area contributed by atoms with Gasteiger partial charge in [0.25, 0.3) is 0 Å². The SMILES string of the molecule is CNC(c1c(C)ccnc1N)C1Cc2ccccc21. The molecule has 0 saturated carbocycles. The first-order valence-electron chi connectivity index (χ1n) is 6.68. The zero-order valence-corrected chi connectivity index (χ0v) is 11.4. The predicted molar refractivity (Wildman–Crippen MR) is 78.1 cm³/mol. The van der Waals surface area contributed by atoms with E-state index in [2.05, 4.69) is 41.5 Å². The first-order chi connectivity index (χ1) is 9.22. The highest BCUT2D eigenvalue weighted by Crippen LogP contribution is 2.44. The van der Waals surface area contributed by atoms with Crippen LogP contribution in [-0.2, 0) is 6.42 Å². The van der Waals surface area contributed by atoms with E-state index in [9.17, 15) is 0 Å². The smallest absolute Gasteiger partial charge is 0.128 e. The number of nitrogens with zero attached hydrogens (tertiary/aromatic N) is 1. The third kappa shape index (κ3) is 1.90. The van der Waals surface area contributed by atoms with Crippen LogP contribution in [0, 0.1) is 6.92 Å². The molecule has 2 unspecified atom stereocenters. The second kappa shape index (κ2) is 4.67. The van der Waals surface area contributed by atoms with Crippen LogP contribution in [0.3, 0.4) is 0 Å². The normalized spacial score (nSPS) is 18.5. The van der Waals surface area contributed by atoms with Crippen molar-refractivity contribution in [2.45, 2.75) is 25.3 Å². The van der Waals surface area contributed by atoms with Gasteiger partial charge >= 0.3 is 0 Å². The number of hydrogen-bond acceptors (Lipinski definition) is 3. The molecule has 3 heteroatoms. The fourth-order valence-corrected chi connectivity index (χ4v) is 3.14. The van der Waals surface area contributed by atoms with Gasteiger partial charge in [0.05, 0.1) is 0 Å². The maximum atomic E-state index is 6.08. The van der Waals surface area contributed by atoms with Crippen LogP contribution in [-0.4, -0.2) is 12.0 Å². The number of nitrogens with one attached hydrogen (secondary N) is 1. The Hall–Kier alpha value is -1.87. The van der Waals surface area contributed by atoms with E-state index in [1.807, 2.05) is 13.1 Å². The van der Waals surface area contributed by atoms with Gasteiger partial charge in [-0.2, -0.15) is 0 Å². The molecule has 3 nitrogen and oxygen atoms in total. The summed E-state index contributed by atoms with van der Waals surface area (Å²) in [7, 11) is 2.00. The summed E-state index contributed by atoms with van der Waals surface area (Å²) in [6.45, 7) is 2.10. The number of aromatic nitrogens is 1. The van der Waals surface area contributed by atoms with Crippen LogP contribution < -0.4 is 11.1 Å². The molecule has 1 aliphatic rings. The van der Waals surface area contributed by atoms with Gasteiger partial charge in [0.1, 0.15) is 5.82 Å². The lowest BCUT2D eigenvalue weighted by Crippen LogP contribution is -2.32. The highest BCUT2D eigenvalue weighted by Gasteiger charge is 2.34. The molecule has 0 saturated heterocycles. The molecule has 1 aromatic carbocycles. The zero-order chi connectivity index (χ0) is 13.4. The van der Waals surface area contributed by atoms with Gasteiger partial charge in [0.15, 0.2) is 0 Å². The van der Waals surface area contributed by atoms with Gasteiger partial charge in [-0.3, -0.25) is 0 Å². The second-order valence-corrected chi connectivity index (χ2v) is 5.20. The van der Waals surface area contributed by atoms with E-state index in [0.717, 1.165) is 12.0 Å². The number of benzene rings is 1. The van der Waals surface area contributed by atoms with Crippen molar-refractivity contribution in [3.63, 3.8) is 0 Å². The van der Waals surface area contributed by atoms with Crippen molar-refractivity contribution in [1.82, 2.24) is 10.3 Å². The minimum Gasteiger partial charge on any atom is -0.383 e. The Kier molecular flexibility index (Phi) is 2.99. The van der Waals surface area contributed by atoms with Gasteiger partial charge in [-0.25, -0.2) is 4.98 Å². The summed E-state index contributed by atoms with van der Waals surface area (Å²) < 4.78 is 0. The lowest BCUT2D eigenvalue weighted by atomic mass is 9.71. The molecule has 3 N–H and O–H groups in total. The molecule has 1 aliphatic carbocycles. The Morgan fingerprint density at radius 3 is 2.79 bits per heavy atom. The molecule has 0 radical (unpaired) electrons. The van der Waals surface area contributed by atoms with Gasteiger partial charge in [0, 0.05) is 23.7 Å². The topological polar surface area (TPSA) is 50.9 Å². The number of fused-ring (bicyclic) bond motifs is 1. The van der Waals surface area contributed by atoms with E-state index in [0.29, 0.717) is 11.7 Å². The monoisotopic (exact) mass is 253 g/mol. The molecule has 98 valence electrons. The van der Waals surface area contributed by atoms with Crippen molar-refractivity contribution in [3.05, 3.63) is 58.8 Å². The Labute approximate surface area is 113 Å². The molecule has 1 aromatic heterocycles. The minimum atomic E-state index is 0.239. The summed E-state index contributed by atoms with van der Waals surface area (Å²) in [5.74, 6) is 1.13. The molecule has 0 bridgehead atoms. The fourth-order valence-electron chi connectivity index (χ4n) is 3.14. The van der Waals surface area contributed by atoms with Crippen molar-refractivity contribution in [3.8, 4) is 0 Å². The van der Waals surface area contributed by atoms with Crippen LogP contribution in [0.15, 0.2) is 36.5 Å². The third-order valence-electron chi connectivity index (χ3n) is 4.16. The van der Waals surface area contributed by atoms with Crippen LogP contribution >= 0.6 is 0 Å². The first-order valence-corrected chi connectivity index (χ1v) is 6.68. The number of nitrogens with two attached hydrogens (primary N) is 1.